The number of nitrogens with one attached hydrogen (secondary N) is 1. The third kappa shape index (κ3) is 5.86. The third-order valence-corrected chi connectivity index (χ3v) is 7.41. The zero-order valence-corrected chi connectivity index (χ0v) is 20.5. The predicted molar refractivity (Wildman–Crippen MR) is 137 cm³/mol. The number of amides is 1. The van der Waals surface area contributed by atoms with Crippen LogP contribution in [0.4, 0.5) is 5.69 Å². The molecule has 1 heterocycles. The summed E-state index contributed by atoms with van der Waals surface area (Å²) < 4.78 is 0. The molecular formula is C29H39N3O. The first-order valence-electron chi connectivity index (χ1n) is 12.6. The molecule has 1 amide bonds. The molecule has 2 aliphatic rings. The van der Waals surface area contributed by atoms with E-state index in [2.05, 4.69) is 73.5 Å². The van der Waals surface area contributed by atoms with Crippen LogP contribution in [0.5, 0.6) is 0 Å². The van der Waals surface area contributed by atoms with Crippen LogP contribution in [0, 0.1) is 19.8 Å². The average molecular weight is 446 g/mol. The van der Waals surface area contributed by atoms with Crippen molar-refractivity contribution in [3.8, 4) is 0 Å². The van der Waals surface area contributed by atoms with Crippen molar-refractivity contribution in [3.05, 3.63) is 75.9 Å². The third-order valence-electron chi connectivity index (χ3n) is 7.41. The number of benzene rings is 2. The van der Waals surface area contributed by atoms with Gasteiger partial charge in [0.25, 0.3) is 0 Å². The number of hydrogen-bond donors (Lipinski definition) is 2. The van der Waals surface area contributed by atoms with E-state index in [0.29, 0.717) is 18.5 Å². The topological polar surface area (TPSA) is 58.4 Å². The van der Waals surface area contributed by atoms with Gasteiger partial charge in [0.05, 0.1) is 0 Å². The number of carbonyl (C=O) groups is 1. The van der Waals surface area contributed by atoms with E-state index in [0.717, 1.165) is 62.9 Å². The number of hydrogen-bond acceptors (Lipinski definition) is 3. The van der Waals surface area contributed by atoms with Gasteiger partial charge >= 0.3 is 0 Å². The molecule has 1 fully saturated rings. The summed E-state index contributed by atoms with van der Waals surface area (Å²) in [5, 5.41) is 3.73. The number of carbonyl (C=O) groups excluding carboxylic acids is 1. The summed E-state index contributed by atoms with van der Waals surface area (Å²) in [4.78, 5) is 14.9. The molecule has 2 aromatic rings. The Labute approximate surface area is 199 Å². The number of anilines is 1. The monoisotopic (exact) mass is 445 g/mol. The second kappa shape index (κ2) is 10.6. The highest BCUT2D eigenvalue weighted by Gasteiger charge is 2.26. The Morgan fingerprint density at radius 2 is 1.79 bits per heavy atom. The number of allylic oxidation sites excluding steroid dienone is 1. The van der Waals surface area contributed by atoms with Crippen LogP contribution in [0.1, 0.15) is 66.8 Å². The zero-order valence-electron chi connectivity index (χ0n) is 20.5. The molecule has 4 heteroatoms. The summed E-state index contributed by atoms with van der Waals surface area (Å²) in [6.45, 7) is 8.81. The van der Waals surface area contributed by atoms with Gasteiger partial charge in [0.15, 0.2) is 0 Å². The maximum Gasteiger partial charge on any atom is 0.249 e. The molecule has 176 valence electrons. The maximum atomic E-state index is 12.9. The van der Waals surface area contributed by atoms with Crippen LogP contribution in [-0.2, 0) is 17.8 Å². The number of likely N-dealkylation sites (tertiary alicyclic amines) is 1. The van der Waals surface area contributed by atoms with Crippen molar-refractivity contribution in [2.24, 2.45) is 11.7 Å². The van der Waals surface area contributed by atoms with Crippen LogP contribution < -0.4 is 11.1 Å². The van der Waals surface area contributed by atoms with Crippen LogP contribution in [0.15, 0.2) is 48.0 Å². The molecule has 1 aliphatic heterocycles. The largest absolute Gasteiger partial charge is 0.382 e. The Balaban J connectivity index is 1.37. The SMILES string of the molecule is Cc1ccc(Cc2cc(NC3CCN(C(=O)C4=CCC(C)CC4)CC3)ccc2CN)c(C)c1. The van der Waals surface area contributed by atoms with Crippen molar-refractivity contribution >= 4 is 11.6 Å². The van der Waals surface area contributed by atoms with Gasteiger partial charge in [-0.1, -0.05) is 42.8 Å². The summed E-state index contributed by atoms with van der Waals surface area (Å²) in [6, 6.07) is 13.7. The summed E-state index contributed by atoms with van der Waals surface area (Å²) in [5.74, 6) is 0.977. The molecule has 1 saturated heterocycles. The van der Waals surface area contributed by atoms with Gasteiger partial charge in [-0.3, -0.25) is 4.79 Å². The van der Waals surface area contributed by atoms with E-state index in [-0.39, 0.29) is 5.91 Å². The Kier molecular flexibility index (Phi) is 7.54. The predicted octanol–water partition coefficient (Wildman–Crippen LogP) is 5.50. The van der Waals surface area contributed by atoms with Crippen molar-refractivity contribution < 1.29 is 4.79 Å². The standard InChI is InChI=1S/C29H39N3O/c1-20-4-7-23(8-5-20)29(33)32-14-12-27(13-15-32)31-28-11-10-25(19-30)26(18-28)17-24-9-6-21(2)16-22(24)3/h6-7,9-11,16,18,20,27,31H,4-5,8,12-15,17,19,30H2,1-3H3. The number of piperidine rings is 1. The minimum atomic E-state index is 0.267. The summed E-state index contributed by atoms with van der Waals surface area (Å²) in [6.07, 6.45) is 8.17. The fourth-order valence-electron chi connectivity index (χ4n) is 5.15. The number of aryl methyl sites for hydroxylation is 2. The van der Waals surface area contributed by atoms with Gasteiger partial charge in [0.1, 0.15) is 0 Å². The van der Waals surface area contributed by atoms with Crippen molar-refractivity contribution in [3.63, 3.8) is 0 Å². The first-order chi connectivity index (χ1) is 15.9. The lowest BCUT2D eigenvalue weighted by Gasteiger charge is -2.34. The fourth-order valence-corrected chi connectivity index (χ4v) is 5.15. The average Bonchev–Trinajstić information content (AvgIpc) is 2.82. The normalized spacial score (nSPS) is 19.3. The summed E-state index contributed by atoms with van der Waals surface area (Å²) >= 11 is 0. The van der Waals surface area contributed by atoms with Crippen molar-refractivity contribution in [2.75, 3.05) is 18.4 Å². The van der Waals surface area contributed by atoms with Gasteiger partial charge < -0.3 is 16.0 Å². The minimum absolute atomic E-state index is 0.267. The maximum absolute atomic E-state index is 12.9. The number of nitrogens with two attached hydrogens (primary N) is 1. The molecule has 4 nitrogen and oxygen atoms in total. The first-order valence-corrected chi connectivity index (χ1v) is 12.6. The molecule has 1 atom stereocenters. The molecule has 1 unspecified atom stereocenters. The van der Waals surface area contributed by atoms with Crippen molar-refractivity contribution in [1.29, 1.82) is 0 Å². The van der Waals surface area contributed by atoms with E-state index in [4.69, 9.17) is 5.73 Å². The van der Waals surface area contributed by atoms with Gasteiger partial charge in [0, 0.05) is 36.9 Å². The van der Waals surface area contributed by atoms with E-state index in [1.807, 2.05) is 0 Å². The van der Waals surface area contributed by atoms with Crippen molar-refractivity contribution in [2.45, 2.75) is 71.9 Å². The van der Waals surface area contributed by atoms with Crippen molar-refractivity contribution in [1.82, 2.24) is 4.90 Å². The molecule has 3 N–H and O–H groups in total. The lowest BCUT2D eigenvalue weighted by atomic mass is 9.90. The zero-order chi connectivity index (χ0) is 23.4. The summed E-state index contributed by atoms with van der Waals surface area (Å²) in [7, 11) is 0. The number of nitrogens with zero attached hydrogens (tertiary/aromatic N) is 1. The number of rotatable bonds is 6. The molecule has 0 aromatic heterocycles. The highest BCUT2D eigenvalue weighted by Crippen LogP contribution is 2.27. The van der Waals surface area contributed by atoms with E-state index < -0.39 is 0 Å². The molecule has 0 bridgehead atoms. The Morgan fingerprint density at radius 1 is 1.03 bits per heavy atom. The molecule has 0 radical (unpaired) electrons. The van der Waals surface area contributed by atoms with E-state index in [9.17, 15) is 4.79 Å². The molecule has 1 aliphatic carbocycles. The van der Waals surface area contributed by atoms with Gasteiger partial charge in [0.2, 0.25) is 5.91 Å². The smallest absolute Gasteiger partial charge is 0.249 e. The van der Waals surface area contributed by atoms with Gasteiger partial charge in [-0.2, -0.15) is 0 Å². The van der Waals surface area contributed by atoms with Gasteiger partial charge in [-0.05, 0) is 92.7 Å². The van der Waals surface area contributed by atoms with Gasteiger partial charge in [-0.15, -0.1) is 0 Å². The lowest BCUT2D eigenvalue weighted by molar-refractivity contribution is -0.128. The van der Waals surface area contributed by atoms with Gasteiger partial charge in [-0.25, -0.2) is 0 Å². The Hall–Kier alpha value is -2.59. The van der Waals surface area contributed by atoms with Crippen LogP contribution in [0.2, 0.25) is 0 Å². The molecule has 0 spiro atoms. The Morgan fingerprint density at radius 3 is 2.45 bits per heavy atom. The van der Waals surface area contributed by atoms with Crippen LogP contribution in [0.25, 0.3) is 0 Å². The van der Waals surface area contributed by atoms with E-state index >= 15 is 0 Å². The van der Waals surface area contributed by atoms with Crippen LogP contribution >= 0.6 is 0 Å². The highest BCUT2D eigenvalue weighted by atomic mass is 16.2. The first kappa shape index (κ1) is 23.6. The molecular weight excluding hydrogens is 406 g/mol. The second-order valence-corrected chi connectivity index (χ2v) is 10.1. The summed E-state index contributed by atoms with van der Waals surface area (Å²) in [5.41, 5.74) is 14.7. The lowest BCUT2D eigenvalue weighted by Crippen LogP contribution is -2.43. The Bertz CT molecular complexity index is 1020. The minimum Gasteiger partial charge on any atom is -0.382 e. The van der Waals surface area contributed by atoms with E-state index in [1.54, 1.807) is 0 Å². The second-order valence-electron chi connectivity index (χ2n) is 10.1. The quantitative estimate of drug-likeness (QED) is 0.617. The van der Waals surface area contributed by atoms with Crippen LogP contribution in [-0.4, -0.2) is 29.9 Å². The van der Waals surface area contributed by atoms with Crippen LogP contribution in [0.3, 0.4) is 0 Å². The molecule has 4 rings (SSSR count). The highest BCUT2D eigenvalue weighted by molar-refractivity contribution is 5.93. The fraction of sp³-hybridized carbons (Fsp3) is 0.483. The van der Waals surface area contributed by atoms with E-state index in [1.165, 1.54) is 27.8 Å². The molecule has 33 heavy (non-hydrogen) atoms. The molecule has 0 saturated carbocycles. The molecule has 2 aromatic carbocycles.